The van der Waals surface area contributed by atoms with Gasteiger partial charge in [-0.3, -0.25) is 0 Å². The fourth-order valence-electron chi connectivity index (χ4n) is 3.81. The zero-order chi connectivity index (χ0) is 19.4. The van der Waals surface area contributed by atoms with Crippen molar-refractivity contribution >= 4 is 15.8 Å². The molecular weight excluding hydrogens is 358 g/mol. The second-order valence-corrected chi connectivity index (χ2v) is 8.92. The van der Waals surface area contributed by atoms with Gasteiger partial charge in [-0.05, 0) is 51.8 Å². The molecule has 27 heavy (non-hydrogen) atoms. The number of piperidine rings is 1. The van der Waals surface area contributed by atoms with Crippen LogP contribution in [0.1, 0.15) is 50.3 Å². The van der Waals surface area contributed by atoms with Crippen LogP contribution in [0.25, 0.3) is 0 Å². The first-order chi connectivity index (χ1) is 13.0. The number of benzene rings is 1. The van der Waals surface area contributed by atoms with Gasteiger partial charge >= 0.3 is 0 Å². The molecule has 0 saturated carbocycles. The Morgan fingerprint density at radius 3 is 2.48 bits per heavy atom. The van der Waals surface area contributed by atoms with Gasteiger partial charge < -0.3 is 4.90 Å². The fraction of sp³-hybridized carbons (Fsp3) is 0.476. The van der Waals surface area contributed by atoms with E-state index in [-0.39, 0.29) is 6.04 Å². The summed E-state index contributed by atoms with van der Waals surface area (Å²) < 4.78 is 28.5. The minimum Gasteiger partial charge on any atom is -0.357 e. The minimum absolute atomic E-state index is 0.172. The highest BCUT2D eigenvalue weighted by Crippen LogP contribution is 2.38. The second kappa shape index (κ2) is 8.40. The summed E-state index contributed by atoms with van der Waals surface area (Å²) in [5.74, 6) is 0.901. The lowest BCUT2D eigenvalue weighted by molar-refractivity contribution is 0.256. The number of aromatic nitrogens is 1. The van der Waals surface area contributed by atoms with E-state index in [2.05, 4.69) is 23.7 Å². The molecule has 0 unspecified atom stereocenters. The molecule has 1 aromatic carbocycles. The number of hydrogen-bond donors (Lipinski definition) is 0. The lowest BCUT2D eigenvalue weighted by Crippen LogP contribution is -2.39. The van der Waals surface area contributed by atoms with Crippen LogP contribution in [0.15, 0.2) is 47.5 Å². The van der Waals surface area contributed by atoms with Gasteiger partial charge in [0.25, 0.3) is 0 Å². The van der Waals surface area contributed by atoms with E-state index in [1.54, 1.807) is 22.6 Å². The summed E-state index contributed by atoms with van der Waals surface area (Å²) in [6, 6.07) is 10.9. The molecule has 1 fully saturated rings. The molecule has 0 aliphatic carbocycles. The molecule has 1 aliphatic rings. The molecule has 0 amide bonds. The van der Waals surface area contributed by atoms with Gasteiger partial charge in [0.05, 0.1) is 10.9 Å². The summed E-state index contributed by atoms with van der Waals surface area (Å²) in [7, 11) is -3.54. The third-order valence-corrected chi connectivity index (χ3v) is 7.24. The molecule has 3 rings (SSSR count). The Morgan fingerprint density at radius 2 is 1.81 bits per heavy atom. The molecule has 0 N–H and O–H groups in total. The number of hydrogen-bond acceptors (Lipinski definition) is 4. The maximum absolute atomic E-state index is 13.4. The molecule has 5 nitrogen and oxygen atoms in total. The van der Waals surface area contributed by atoms with Crippen LogP contribution in [0.5, 0.6) is 0 Å². The predicted octanol–water partition coefficient (Wildman–Crippen LogP) is 4.15. The van der Waals surface area contributed by atoms with Crippen molar-refractivity contribution in [3.05, 3.63) is 53.7 Å². The monoisotopic (exact) mass is 387 g/mol. The summed E-state index contributed by atoms with van der Waals surface area (Å²) >= 11 is 0. The third-order valence-electron chi connectivity index (χ3n) is 5.32. The van der Waals surface area contributed by atoms with Crippen LogP contribution >= 0.6 is 0 Å². The van der Waals surface area contributed by atoms with Crippen molar-refractivity contribution in [1.82, 2.24) is 9.29 Å². The van der Waals surface area contributed by atoms with Crippen molar-refractivity contribution in [2.24, 2.45) is 0 Å². The van der Waals surface area contributed by atoms with Crippen LogP contribution in [0.4, 0.5) is 5.82 Å². The van der Waals surface area contributed by atoms with Crippen LogP contribution in [0, 0.1) is 6.92 Å². The first-order valence-corrected chi connectivity index (χ1v) is 11.2. The Hall–Kier alpha value is -1.92. The number of sulfonamides is 1. The minimum atomic E-state index is -3.54. The smallest absolute Gasteiger partial charge is 0.243 e. The van der Waals surface area contributed by atoms with E-state index in [9.17, 15) is 8.42 Å². The summed E-state index contributed by atoms with van der Waals surface area (Å²) in [5.41, 5.74) is 2.07. The predicted molar refractivity (Wildman–Crippen MR) is 109 cm³/mol. The average molecular weight is 388 g/mol. The molecule has 0 bridgehead atoms. The van der Waals surface area contributed by atoms with Gasteiger partial charge in [0.15, 0.2) is 0 Å². The largest absolute Gasteiger partial charge is 0.357 e. The average Bonchev–Trinajstić information content (AvgIpc) is 2.70. The Balaban J connectivity index is 2.03. The van der Waals surface area contributed by atoms with Crippen molar-refractivity contribution in [3.8, 4) is 0 Å². The van der Waals surface area contributed by atoms with Crippen LogP contribution in [0.3, 0.4) is 0 Å². The van der Waals surface area contributed by atoms with Gasteiger partial charge in [-0.25, -0.2) is 13.4 Å². The van der Waals surface area contributed by atoms with E-state index in [0.717, 1.165) is 49.3 Å². The molecule has 2 heterocycles. The van der Waals surface area contributed by atoms with Crippen molar-refractivity contribution < 1.29 is 8.42 Å². The lowest BCUT2D eigenvalue weighted by Gasteiger charge is -2.37. The van der Waals surface area contributed by atoms with Crippen molar-refractivity contribution in [1.29, 1.82) is 0 Å². The molecular formula is C21H29N3O2S. The standard InChI is InChI=1S/C21H29N3O2S/c1-4-23(5-2)21-19(9-8-15-22-21)20-10-6-7-16-24(20)27(25,26)18-13-11-17(3)12-14-18/h8-9,11-15,20H,4-7,10,16H2,1-3H3/t20-/m0/s1. The molecule has 6 heteroatoms. The SMILES string of the molecule is CCN(CC)c1ncccc1[C@@H]1CCCCN1S(=O)(=O)c1ccc(C)cc1. The molecule has 146 valence electrons. The number of nitrogens with zero attached hydrogens (tertiary/aromatic N) is 3. The zero-order valence-electron chi connectivity index (χ0n) is 16.4. The summed E-state index contributed by atoms with van der Waals surface area (Å²) in [5, 5.41) is 0. The zero-order valence-corrected chi connectivity index (χ0v) is 17.2. The third kappa shape index (κ3) is 4.01. The maximum Gasteiger partial charge on any atom is 0.243 e. The topological polar surface area (TPSA) is 53.5 Å². The van der Waals surface area contributed by atoms with E-state index in [1.165, 1.54) is 0 Å². The Morgan fingerprint density at radius 1 is 1.11 bits per heavy atom. The highest BCUT2D eigenvalue weighted by Gasteiger charge is 2.36. The number of anilines is 1. The number of rotatable bonds is 6. The van der Waals surface area contributed by atoms with Gasteiger partial charge in [0.1, 0.15) is 5.82 Å². The summed E-state index contributed by atoms with van der Waals surface area (Å²) in [6.45, 7) is 8.41. The van der Waals surface area contributed by atoms with Gasteiger partial charge in [-0.15, -0.1) is 0 Å². The van der Waals surface area contributed by atoms with E-state index in [4.69, 9.17) is 0 Å². The lowest BCUT2D eigenvalue weighted by atomic mass is 9.97. The fourth-order valence-corrected chi connectivity index (χ4v) is 5.48. The highest BCUT2D eigenvalue weighted by atomic mass is 32.2. The molecule has 1 aliphatic heterocycles. The van der Waals surface area contributed by atoms with Gasteiger partial charge in [0, 0.05) is 31.4 Å². The van der Waals surface area contributed by atoms with Crippen molar-refractivity contribution in [3.63, 3.8) is 0 Å². The molecule has 1 saturated heterocycles. The quantitative estimate of drug-likeness (QED) is 0.747. The first kappa shape index (κ1) is 19.8. The van der Waals surface area contributed by atoms with Crippen LogP contribution in [-0.4, -0.2) is 37.3 Å². The van der Waals surface area contributed by atoms with Crippen LogP contribution < -0.4 is 4.90 Å². The van der Waals surface area contributed by atoms with E-state index >= 15 is 0 Å². The van der Waals surface area contributed by atoms with Gasteiger partial charge in [-0.2, -0.15) is 4.31 Å². The normalized spacial score (nSPS) is 18.4. The molecule has 1 atom stereocenters. The molecule has 1 aromatic heterocycles. The summed E-state index contributed by atoms with van der Waals surface area (Å²) in [4.78, 5) is 7.17. The second-order valence-electron chi connectivity index (χ2n) is 7.03. The van der Waals surface area contributed by atoms with E-state index in [0.29, 0.717) is 11.4 Å². The molecule has 0 spiro atoms. The van der Waals surface area contributed by atoms with Crippen molar-refractivity contribution in [2.75, 3.05) is 24.5 Å². The van der Waals surface area contributed by atoms with Gasteiger partial charge in [-0.1, -0.05) is 30.2 Å². The highest BCUT2D eigenvalue weighted by molar-refractivity contribution is 7.89. The van der Waals surface area contributed by atoms with Gasteiger partial charge in [0.2, 0.25) is 10.0 Å². The Kier molecular flexibility index (Phi) is 6.17. The van der Waals surface area contributed by atoms with E-state index in [1.807, 2.05) is 31.2 Å². The maximum atomic E-state index is 13.4. The van der Waals surface area contributed by atoms with E-state index < -0.39 is 10.0 Å². The molecule has 0 radical (unpaired) electrons. The van der Waals surface area contributed by atoms with Crippen molar-refractivity contribution in [2.45, 2.75) is 51.0 Å². The number of pyridine rings is 1. The van der Waals surface area contributed by atoms with Crippen LogP contribution in [-0.2, 0) is 10.0 Å². The number of aryl methyl sites for hydroxylation is 1. The summed E-state index contributed by atoms with van der Waals surface area (Å²) in [6.07, 6.45) is 4.53. The Labute approximate surface area is 163 Å². The molecule has 2 aromatic rings. The Bertz CT molecular complexity index is 861. The first-order valence-electron chi connectivity index (χ1n) is 9.77. The van der Waals surface area contributed by atoms with Crippen LogP contribution in [0.2, 0.25) is 0 Å².